The van der Waals surface area contributed by atoms with Crippen LogP contribution in [0.1, 0.15) is 0 Å². The highest BCUT2D eigenvalue weighted by Crippen LogP contribution is 2.31. The number of aromatic nitrogens is 1. The van der Waals surface area contributed by atoms with Crippen molar-refractivity contribution >= 4 is 17.6 Å². The van der Waals surface area contributed by atoms with E-state index in [1.807, 2.05) is 0 Å². The predicted octanol–water partition coefficient (Wildman–Crippen LogP) is 2.55. The van der Waals surface area contributed by atoms with Gasteiger partial charge in [0.25, 0.3) is 0 Å². The van der Waals surface area contributed by atoms with Crippen molar-refractivity contribution in [3.63, 3.8) is 0 Å². The fourth-order valence-electron chi connectivity index (χ4n) is 1.34. The number of hydrogen-bond acceptors (Lipinski definition) is 5. The molecule has 0 spiro atoms. The number of carbonyl (C=O) groups excluding carboxylic acids is 1. The summed E-state index contributed by atoms with van der Waals surface area (Å²) in [6, 6.07) is 4.98. The molecule has 0 aliphatic rings. The van der Waals surface area contributed by atoms with Crippen LogP contribution in [-0.4, -0.2) is 24.7 Å². The Hall–Kier alpha value is -2.01. The molecular weight excluding hydrogens is 258 g/mol. The lowest BCUT2D eigenvalue weighted by Crippen LogP contribution is -2.12. The van der Waals surface area contributed by atoms with Crippen LogP contribution in [0.5, 0.6) is 5.75 Å². The lowest BCUT2D eigenvalue weighted by molar-refractivity contribution is -0.142. The van der Waals surface area contributed by atoms with Gasteiger partial charge in [-0.3, -0.25) is 0 Å². The predicted molar refractivity (Wildman–Crippen MR) is 64.5 cm³/mol. The van der Waals surface area contributed by atoms with Gasteiger partial charge < -0.3 is 13.9 Å². The number of esters is 1. The molecule has 2 rings (SSSR count). The molecular formula is C12H10ClNO4. The maximum atomic E-state index is 11.0. The quantitative estimate of drug-likeness (QED) is 0.797. The average molecular weight is 268 g/mol. The van der Waals surface area contributed by atoms with Crippen LogP contribution < -0.4 is 4.74 Å². The zero-order valence-electron chi connectivity index (χ0n) is 9.55. The van der Waals surface area contributed by atoms with Crippen molar-refractivity contribution in [2.75, 3.05) is 13.7 Å². The number of benzene rings is 1. The molecule has 5 nitrogen and oxygen atoms in total. The normalized spacial score (nSPS) is 10.1. The Bertz CT molecular complexity index is 539. The first-order valence-electron chi connectivity index (χ1n) is 5.09. The zero-order chi connectivity index (χ0) is 13.0. The van der Waals surface area contributed by atoms with E-state index in [1.165, 1.54) is 19.6 Å². The summed E-state index contributed by atoms with van der Waals surface area (Å²) in [6.07, 6.45) is 2.97. The highest BCUT2D eigenvalue weighted by molar-refractivity contribution is 6.30. The molecule has 0 aliphatic carbocycles. The Labute approximate surface area is 108 Å². The monoisotopic (exact) mass is 267 g/mol. The van der Waals surface area contributed by atoms with Crippen LogP contribution in [-0.2, 0) is 9.53 Å². The molecule has 1 aromatic carbocycles. The molecule has 2 aromatic rings. The van der Waals surface area contributed by atoms with Crippen LogP contribution in [0.2, 0.25) is 5.02 Å². The van der Waals surface area contributed by atoms with Gasteiger partial charge >= 0.3 is 5.97 Å². The lowest BCUT2D eigenvalue weighted by Gasteiger charge is -2.08. The average Bonchev–Trinajstić information content (AvgIpc) is 2.89. The highest BCUT2D eigenvalue weighted by atomic mass is 35.5. The molecule has 0 saturated heterocycles. The van der Waals surface area contributed by atoms with Gasteiger partial charge in [-0.15, -0.1) is 0 Å². The number of halogens is 1. The fourth-order valence-corrected chi connectivity index (χ4v) is 1.51. The number of hydrogen-bond donors (Lipinski definition) is 0. The largest absolute Gasteiger partial charge is 0.481 e. The Morgan fingerprint density at radius 2 is 2.33 bits per heavy atom. The zero-order valence-corrected chi connectivity index (χ0v) is 10.3. The second-order valence-corrected chi connectivity index (χ2v) is 3.78. The van der Waals surface area contributed by atoms with Gasteiger partial charge in [-0.2, -0.15) is 0 Å². The summed E-state index contributed by atoms with van der Waals surface area (Å²) in [4.78, 5) is 15.1. The molecule has 0 unspecified atom stereocenters. The minimum atomic E-state index is -0.478. The summed E-state index contributed by atoms with van der Waals surface area (Å²) in [5.41, 5.74) is 0.619. The third-order valence-electron chi connectivity index (χ3n) is 2.18. The first-order chi connectivity index (χ1) is 8.70. The maximum absolute atomic E-state index is 11.0. The van der Waals surface area contributed by atoms with E-state index in [1.54, 1.807) is 18.2 Å². The standard InChI is InChI=1S/C12H10ClNO4/c1-16-11(15)7-18-10-6-8(13)2-3-9(10)12-14-4-5-17-12/h2-6H,7H2,1H3. The van der Waals surface area contributed by atoms with Gasteiger partial charge in [0.2, 0.25) is 5.89 Å². The van der Waals surface area contributed by atoms with E-state index < -0.39 is 5.97 Å². The van der Waals surface area contributed by atoms with E-state index in [0.29, 0.717) is 22.2 Å². The SMILES string of the molecule is COC(=O)COc1cc(Cl)ccc1-c1ncco1. The Morgan fingerprint density at radius 1 is 1.50 bits per heavy atom. The summed E-state index contributed by atoms with van der Waals surface area (Å²) >= 11 is 5.88. The van der Waals surface area contributed by atoms with Crippen LogP contribution in [0, 0.1) is 0 Å². The number of nitrogens with zero attached hydrogens (tertiary/aromatic N) is 1. The molecule has 18 heavy (non-hydrogen) atoms. The van der Waals surface area contributed by atoms with Gasteiger partial charge in [-0.05, 0) is 18.2 Å². The van der Waals surface area contributed by atoms with Crippen LogP contribution >= 0.6 is 11.6 Å². The van der Waals surface area contributed by atoms with E-state index in [4.69, 9.17) is 20.8 Å². The van der Waals surface area contributed by atoms with Gasteiger partial charge in [0.1, 0.15) is 12.0 Å². The second-order valence-electron chi connectivity index (χ2n) is 3.34. The maximum Gasteiger partial charge on any atom is 0.343 e. The number of ether oxygens (including phenoxy) is 2. The second kappa shape index (κ2) is 5.55. The fraction of sp³-hybridized carbons (Fsp3) is 0.167. The number of methoxy groups -OCH3 is 1. The molecule has 0 radical (unpaired) electrons. The van der Waals surface area contributed by atoms with Crippen LogP contribution in [0.15, 0.2) is 35.1 Å². The molecule has 94 valence electrons. The van der Waals surface area contributed by atoms with Crippen LogP contribution in [0.3, 0.4) is 0 Å². The van der Waals surface area contributed by atoms with Gasteiger partial charge in [0.05, 0.1) is 18.9 Å². The van der Waals surface area contributed by atoms with Gasteiger partial charge in [0, 0.05) is 5.02 Å². The van der Waals surface area contributed by atoms with Crippen LogP contribution in [0.25, 0.3) is 11.5 Å². The van der Waals surface area contributed by atoms with Gasteiger partial charge in [0.15, 0.2) is 6.61 Å². The van der Waals surface area contributed by atoms with Crippen molar-refractivity contribution < 1.29 is 18.7 Å². The third kappa shape index (κ3) is 2.81. The molecule has 6 heteroatoms. The molecule has 1 aromatic heterocycles. The minimum Gasteiger partial charge on any atom is -0.481 e. The smallest absolute Gasteiger partial charge is 0.343 e. The number of oxazole rings is 1. The Balaban J connectivity index is 2.27. The van der Waals surface area contributed by atoms with Crippen molar-refractivity contribution in [3.8, 4) is 17.2 Å². The van der Waals surface area contributed by atoms with E-state index in [-0.39, 0.29) is 6.61 Å². The third-order valence-corrected chi connectivity index (χ3v) is 2.41. The molecule has 0 bridgehead atoms. The summed E-state index contributed by atoms with van der Waals surface area (Å²) < 4.78 is 15.0. The van der Waals surface area contributed by atoms with E-state index >= 15 is 0 Å². The Kier molecular flexibility index (Phi) is 3.84. The molecule has 0 fully saturated rings. The summed E-state index contributed by atoms with van der Waals surface area (Å²) in [6.45, 7) is -0.204. The van der Waals surface area contributed by atoms with Crippen molar-refractivity contribution in [1.82, 2.24) is 4.98 Å². The van der Waals surface area contributed by atoms with E-state index in [2.05, 4.69) is 9.72 Å². The van der Waals surface area contributed by atoms with Crippen molar-refractivity contribution in [2.45, 2.75) is 0 Å². The summed E-state index contributed by atoms with van der Waals surface area (Å²) in [5, 5.41) is 0.491. The minimum absolute atomic E-state index is 0.204. The first-order valence-corrected chi connectivity index (χ1v) is 5.47. The van der Waals surface area contributed by atoms with Gasteiger partial charge in [-0.1, -0.05) is 11.6 Å². The van der Waals surface area contributed by atoms with Crippen molar-refractivity contribution in [3.05, 3.63) is 35.7 Å². The first kappa shape index (κ1) is 12.4. The number of rotatable bonds is 4. The van der Waals surface area contributed by atoms with Crippen molar-refractivity contribution in [2.24, 2.45) is 0 Å². The Morgan fingerprint density at radius 3 is 3.00 bits per heavy atom. The molecule has 0 N–H and O–H groups in total. The topological polar surface area (TPSA) is 61.6 Å². The van der Waals surface area contributed by atoms with Crippen molar-refractivity contribution in [1.29, 1.82) is 0 Å². The molecule has 1 heterocycles. The van der Waals surface area contributed by atoms with Crippen LogP contribution in [0.4, 0.5) is 0 Å². The molecule has 0 atom stereocenters. The van der Waals surface area contributed by atoms with E-state index in [0.717, 1.165) is 0 Å². The van der Waals surface area contributed by atoms with Gasteiger partial charge in [-0.25, -0.2) is 9.78 Å². The van der Waals surface area contributed by atoms with E-state index in [9.17, 15) is 4.79 Å². The highest BCUT2D eigenvalue weighted by Gasteiger charge is 2.12. The molecule has 0 saturated carbocycles. The molecule has 0 amide bonds. The number of carbonyl (C=O) groups is 1. The summed E-state index contributed by atoms with van der Waals surface area (Å²) in [5.74, 6) is 0.329. The lowest BCUT2D eigenvalue weighted by atomic mass is 10.2. The summed E-state index contributed by atoms with van der Waals surface area (Å²) in [7, 11) is 1.29. The molecule has 0 aliphatic heterocycles.